The molecule has 1 atom stereocenters. The Bertz CT molecular complexity index is 210. The van der Waals surface area contributed by atoms with Crippen LogP contribution in [0, 0.1) is 5.41 Å². The molecular formula is C10H21N3O. The normalized spacial score (nSPS) is 23.7. The van der Waals surface area contributed by atoms with E-state index in [4.69, 9.17) is 5.73 Å². The molecule has 0 spiro atoms. The fraction of sp³-hybridized carbons (Fsp3) is 0.900. The molecule has 1 amide bonds. The maximum absolute atomic E-state index is 12.0. The topological polar surface area (TPSA) is 58.4 Å². The Balaban J connectivity index is 2.69. The van der Waals surface area contributed by atoms with Crippen molar-refractivity contribution in [2.45, 2.75) is 26.8 Å². The second-order valence-electron chi connectivity index (χ2n) is 4.84. The lowest BCUT2D eigenvalue weighted by Crippen LogP contribution is -2.58. The number of piperazine rings is 1. The number of rotatable bonds is 1. The summed E-state index contributed by atoms with van der Waals surface area (Å²) in [5.74, 6) is 0.203. The summed E-state index contributed by atoms with van der Waals surface area (Å²) in [6, 6.07) is 0.162. The number of carbonyl (C=O) groups excluding carboxylic acids is 1. The Morgan fingerprint density at radius 1 is 1.57 bits per heavy atom. The zero-order valence-corrected chi connectivity index (χ0v) is 9.34. The summed E-state index contributed by atoms with van der Waals surface area (Å²) in [7, 11) is 0. The second-order valence-corrected chi connectivity index (χ2v) is 4.84. The van der Waals surface area contributed by atoms with Gasteiger partial charge >= 0.3 is 0 Å². The molecule has 4 heteroatoms. The molecule has 1 unspecified atom stereocenters. The molecule has 3 N–H and O–H groups in total. The van der Waals surface area contributed by atoms with E-state index in [1.54, 1.807) is 0 Å². The molecule has 0 bridgehead atoms. The van der Waals surface area contributed by atoms with Crippen molar-refractivity contribution >= 4 is 5.91 Å². The largest absolute Gasteiger partial charge is 0.335 e. The molecule has 0 saturated carbocycles. The molecule has 0 aromatic heterocycles. The van der Waals surface area contributed by atoms with Gasteiger partial charge in [0.1, 0.15) is 0 Å². The van der Waals surface area contributed by atoms with E-state index < -0.39 is 0 Å². The molecule has 0 aromatic carbocycles. The van der Waals surface area contributed by atoms with Gasteiger partial charge in [0.15, 0.2) is 0 Å². The third-order valence-electron chi connectivity index (χ3n) is 2.52. The first kappa shape index (κ1) is 11.5. The zero-order chi connectivity index (χ0) is 10.8. The first-order valence-electron chi connectivity index (χ1n) is 5.18. The van der Waals surface area contributed by atoms with Gasteiger partial charge in [0, 0.05) is 31.6 Å². The van der Waals surface area contributed by atoms with E-state index in [0.29, 0.717) is 6.54 Å². The lowest BCUT2D eigenvalue weighted by Gasteiger charge is -2.39. The highest BCUT2D eigenvalue weighted by molar-refractivity contribution is 5.82. The maximum atomic E-state index is 12.0. The van der Waals surface area contributed by atoms with Crippen molar-refractivity contribution < 1.29 is 4.79 Å². The van der Waals surface area contributed by atoms with Crippen LogP contribution in [-0.4, -0.2) is 43.0 Å². The standard InChI is InChI=1S/C10H21N3O/c1-10(2,3)9(14)13-5-4-12-7-8(13)6-11/h8,12H,4-7,11H2,1-3H3. The fourth-order valence-electron chi connectivity index (χ4n) is 1.67. The minimum Gasteiger partial charge on any atom is -0.335 e. The lowest BCUT2D eigenvalue weighted by atomic mass is 9.93. The molecular weight excluding hydrogens is 178 g/mol. The molecule has 0 aromatic rings. The Morgan fingerprint density at radius 2 is 2.21 bits per heavy atom. The molecule has 1 aliphatic rings. The van der Waals surface area contributed by atoms with Crippen LogP contribution in [-0.2, 0) is 4.79 Å². The maximum Gasteiger partial charge on any atom is 0.228 e. The average molecular weight is 199 g/mol. The minimum absolute atomic E-state index is 0.162. The van der Waals surface area contributed by atoms with E-state index in [0.717, 1.165) is 19.6 Å². The molecule has 14 heavy (non-hydrogen) atoms. The number of carbonyl (C=O) groups is 1. The molecule has 0 aliphatic carbocycles. The van der Waals surface area contributed by atoms with Crippen LogP contribution >= 0.6 is 0 Å². The van der Waals surface area contributed by atoms with Gasteiger partial charge in [-0.25, -0.2) is 0 Å². The van der Waals surface area contributed by atoms with E-state index in [-0.39, 0.29) is 17.4 Å². The van der Waals surface area contributed by atoms with Gasteiger partial charge < -0.3 is 16.0 Å². The summed E-state index contributed by atoms with van der Waals surface area (Å²) in [5, 5.41) is 3.25. The molecule has 1 rings (SSSR count). The van der Waals surface area contributed by atoms with Gasteiger partial charge in [-0.05, 0) is 0 Å². The van der Waals surface area contributed by atoms with Gasteiger partial charge in [-0.3, -0.25) is 4.79 Å². The van der Waals surface area contributed by atoms with Crippen LogP contribution in [0.5, 0.6) is 0 Å². The Morgan fingerprint density at radius 3 is 2.71 bits per heavy atom. The summed E-state index contributed by atoms with van der Waals surface area (Å²) in [4.78, 5) is 13.9. The van der Waals surface area contributed by atoms with Crippen molar-refractivity contribution in [2.24, 2.45) is 11.1 Å². The average Bonchev–Trinajstić information content (AvgIpc) is 2.15. The van der Waals surface area contributed by atoms with Crippen molar-refractivity contribution in [2.75, 3.05) is 26.2 Å². The predicted molar refractivity (Wildman–Crippen MR) is 56.9 cm³/mol. The number of nitrogens with two attached hydrogens (primary N) is 1. The molecule has 82 valence electrons. The van der Waals surface area contributed by atoms with Crippen LogP contribution < -0.4 is 11.1 Å². The number of amides is 1. The summed E-state index contributed by atoms with van der Waals surface area (Å²) in [6.45, 7) is 8.85. The lowest BCUT2D eigenvalue weighted by molar-refractivity contribution is -0.142. The van der Waals surface area contributed by atoms with E-state index >= 15 is 0 Å². The fourth-order valence-corrected chi connectivity index (χ4v) is 1.67. The van der Waals surface area contributed by atoms with E-state index in [1.807, 2.05) is 25.7 Å². The Labute approximate surface area is 85.8 Å². The number of nitrogens with one attached hydrogen (secondary N) is 1. The van der Waals surface area contributed by atoms with Gasteiger partial charge in [-0.1, -0.05) is 20.8 Å². The monoisotopic (exact) mass is 199 g/mol. The van der Waals surface area contributed by atoms with Crippen molar-refractivity contribution in [3.63, 3.8) is 0 Å². The highest BCUT2D eigenvalue weighted by atomic mass is 16.2. The highest BCUT2D eigenvalue weighted by Crippen LogP contribution is 2.19. The first-order chi connectivity index (χ1) is 6.46. The van der Waals surface area contributed by atoms with Crippen molar-refractivity contribution in [3.05, 3.63) is 0 Å². The first-order valence-corrected chi connectivity index (χ1v) is 5.18. The second kappa shape index (κ2) is 4.28. The SMILES string of the molecule is CC(C)(C)C(=O)N1CCNCC1CN. The van der Waals surface area contributed by atoms with Gasteiger partial charge in [0.05, 0.1) is 6.04 Å². The summed E-state index contributed by atoms with van der Waals surface area (Å²) in [5.41, 5.74) is 5.34. The van der Waals surface area contributed by atoms with Crippen molar-refractivity contribution in [3.8, 4) is 0 Å². The van der Waals surface area contributed by atoms with Crippen LogP contribution in [0.1, 0.15) is 20.8 Å². The molecule has 4 nitrogen and oxygen atoms in total. The molecule has 0 radical (unpaired) electrons. The third kappa shape index (κ3) is 2.45. The predicted octanol–water partition coefficient (Wildman–Crippen LogP) is -0.208. The quantitative estimate of drug-likeness (QED) is 0.614. The van der Waals surface area contributed by atoms with Crippen LogP contribution in [0.3, 0.4) is 0 Å². The summed E-state index contributed by atoms with van der Waals surface area (Å²) >= 11 is 0. The number of hydrogen-bond acceptors (Lipinski definition) is 3. The molecule has 1 aliphatic heterocycles. The zero-order valence-electron chi connectivity index (χ0n) is 9.34. The van der Waals surface area contributed by atoms with Crippen LogP contribution in [0.25, 0.3) is 0 Å². The molecule has 1 saturated heterocycles. The minimum atomic E-state index is -0.301. The van der Waals surface area contributed by atoms with Gasteiger partial charge in [0.2, 0.25) is 5.91 Å². The van der Waals surface area contributed by atoms with Crippen LogP contribution in [0.15, 0.2) is 0 Å². The highest BCUT2D eigenvalue weighted by Gasteiger charge is 2.32. The Kier molecular flexibility index (Phi) is 3.50. The van der Waals surface area contributed by atoms with Gasteiger partial charge in [-0.2, -0.15) is 0 Å². The van der Waals surface area contributed by atoms with E-state index in [2.05, 4.69) is 5.32 Å². The Hall–Kier alpha value is -0.610. The number of nitrogens with zero attached hydrogens (tertiary/aromatic N) is 1. The van der Waals surface area contributed by atoms with Crippen molar-refractivity contribution in [1.82, 2.24) is 10.2 Å². The number of hydrogen-bond donors (Lipinski definition) is 2. The van der Waals surface area contributed by atoms with Crippen LogP contribution in [0.2, 0.25) is 0 Å². The van der Waals surface area contributed by atoms with E-state index in [1.165, 1.54) is 0 Å². The van der Waals surface area contributed by atoms with E-state index in [9.17, 15) is 4.79 Å². The smallest absolute Gasteiger partial charge is 0.228 e. The van der Waals surface area contributed by atoms with Crippen LogP contribution in [0.4, 0.5) is 0 Å². The van der Waals surface area contributed by atoms with Gasteiger partial charge in [0.25, 0.3) is 0 Å². The van der Waals surface area contributed by atoms with Gasteiger partial charge in [-0.15, -0.1) is 0 Å². The molecule has 1 fully saturated rings. The van der Waals surface area contributed by atoms with Crippen molar-refractivity contribution in [1.29, 1.82) is 0 Å². The molecule has 1 heterocycles. The summed E-state index contributed by atoms with van der Waals surface area (Å²) < 4.78 is 0. The summed E-state index contributed by atoms with van der Waals surface area (Å²) in [6.07, 6.45) is 0. The third-order valence-corrected chi connectivity index (χ3v) is 2.52.